The molecule has 0 aromatic heterocycles. The summed E-state index contributed by atoms with van der Waals surface area (Å²) in [7, 11) is 0. The smallest absolute Gasteiger partial charge is 0.324 e. The summed E-state index contributed by atoms with van der Waals surface area (Å²) in [5.41, 5.74) is 0. The topological polar surface area (TPSA) is 60.4 Å². The minimum absolute atomic E-state index is 0.179. The molecular weight excluding hydrogens is 216 g/mol. The fourth-order valence-corrected chi connectivity index (χ4v) is 1.50. The van der Waals surface area contributed by atoms with Gasteiger partial charge in [0.05, 0.1) is 6.61 Å². The average Bonchev–Trinajstić information content (AvgIpc) is 2.14. The van der Waals surface area contributed by atoms with Crippen LogP contribution in [0.5, 0.6) is 0 Å². The summed E-state index contributed by atoms with van der Waals surface area (Å²) < 4.78 is 4.68. The SMILES string of the molecule is CCOC(=O)C(C(C)=O)C(=O)CCSC. The zero-order valence-corrected chi connectivity index (χ0v) is 10.1. The highest BCUT2D eigenvalue weighted by Gasteiger charge is 2.31. The summed E-state index contributed by atoms with van der Waals surface area (Å²) in [6, 6.07) is 0. The Hall–Kier alpha value is -0.840. The molecule has 15 heavy (non-hydrogen) atoms. The first kappa shape index (κ1) is 14.2. The van der Waals surface area contributed by atoms with Crippen molar-refractivity contribution < 1.29 is 19.1 Å². The number of rotatable bonds is 7. The molecule has 1 unspecified atom stereocenters. The Bertz CT molecular complexity index is 250. The summed E-state index contributed by atoms with van der Waals surface area (Å²) >= 11 is 1.50. The molecule has 5 heteroatoms. The van der Waals surface area contributed by atoms with Crippen molar-refractivity contribution in [2.45, 2.75) is 20.3 Å². The fraction of sp³-hybridized carbons (Fsp3) is 0.700. The van der Waals surface area contributed by atoms with Crippen LogP contribution in [0, 0.1) is 5.92 Å². The van der Waals surface area contributed by atoms with E-state index in [9.17, 15) is 14.4 Å². The van der Waals surface area contributed by atoms with Crippen LogP contribution in [0.15, 0.2) is 0 Å². The minimum atomic E-state index is -1.22. The van der Waals surface area contributed by atoms with E-state index in [-0.39, 0.29) is 18.8 Å². The molecule has 0 aromatic rings. The van der Waals surface area contributed by atoms with Crippen molar-refractivity contribution >= 4 is 29.3 Å². The van der Waals surface area contributed by atoms with Gasteiger partial charge in [0.2, 0.25) is 0 Å². The second-order valence-corrected chi connectivity index (χ2v) is 3.99. The van der Waals surface area contributed by atoms with E-state index in [0.717, 1.165) is 0 Å². The van der Waals surface area contributed by atoms with E-state index in [2.05, 4.69) is 4.74 Å². The van der Waals surface area contributed by atoms with Gasteiger partial charge in [-0.25, -0.2) is 0 Å². The number of ether oxygens (including phenoxy) is 1. The number of esters is 1. The predicted molar refractivity (Wildman–Crippen MR) is 58.8 cm³/mol. The standard InChI is InChI=1S/C10H16O4S/c1-4-14-10(13)9(7(2)11)8(12)5-6-15-3/h9H,4-6H2,1-3H3. The van der Waals surface area contributed by atoms with Crippen molar-refractivity contribution in [3.8, 4) is 0 Å². The van der Waals surface area contributed by atoms with Gasteiger partial charge in [-0.15, -0.1) is 0 Å². The molecule has 0 radical (unpaired) electrons. The highest BCUT2D eigenvalue weighted by atomic mass is 32.2. The molecule has 0 N–H and O–H groups in total. The number of carbonyl (C=O) groups is 3. The minimum Gasteiger partial charge on any atom is -0.465 e. The second-order valence-electron chi connectivity index (χ2n) is 3.00. The summed E-state index contributed by atoms with van der Waals surface area (Å²) in [6.07, 6.45) is 2.09. The van der Waals surface area contributed by atoms with Crippen molar-refractivity contribution in [1.82, 2.24) is 0 Å². The molecule has 0 aromatic carbocycles. The molecule has 0 saturated carbocycles. The van der Waals surface area contributed by atoms with E-state index in [0.29, 0.717) is 5.75 Å². The van der Waals surface area contributed by atoms with Crippen LogP contribution in [0.2, 0.25) is 0 Å². The summed E-state index contributed by atoms with van der Waals surface area (Å²) in [4.78, 5) is 34.0. The molecular formula is C10H16O4S. The highest BCUT2D eigenvalue weighted by Crippen LogP contribution is 2.09. The first-order chi connectivity index (χ1) is 7.04. The van der Waals surface area contributed by atoms with Gasteiger partial charge < -0.3 is 4.74 Å². The lowest BCUT2D eigenvalue weighted by atomic mass is 9.98. The lowest BCUT2D eigenvalue weighted by Crippen LogP contribution is -2.32. The Morgan fingerprint density at radius 1 is 1.33 bits per heavy atom. The van der Waals surface area contributed by atoms with Crippen molar-refractivity contribution in [2.75, 3.05) is 18.6 Å². The summed E-state index contributed by atoms with van der Waals surface area (Å²) in [5.74, 6) is -2.13. The maximum absolute atomic E-state index is 11.5. The first-order valence-electron chi connectivity index (χ1n) is 4.73. The third-order valence-electron chi connectivity index (χ3n) is 1.80. The van der Waals surface area contributed by atoms with E-state index >= 15 is 0 Å². The highest BCUT2D eigenvalue weighted by molar-refractivity contribution is 7.98. The van der Waals surface area contributed by atoms with Crippen LogP contribution in [0.3, 0.4) is 0 Å². The predicted octanol–water partition coefficient (Wildman–Crippen LogP) is 1.08. The quantitative estimate of drug-likeness (QED) is 0.485. The maximum atomic E-state index is 11.5. The van der Waals surface area contributed by atoms with Crippen LogP contribution in [0.25, 0.3) is 0 Å². The molecule has 0 spiro atoms. The van der Waals surface area contributed by atoms with Gasteiger partial charge in [0.15, 0.2) is 17.5 Å². The zero-order valence-electron chi connectivity index (χ0n) is 9.24. The molecule has 0 amide bonds. The van der Waals surface area contributed by atoms with Crippen LogP contribution in [-0.2, 0) is 19.1 Å². The van der Waals surface area contributed by atoms with Crippen LogP contribution in [-0.4, -0.2) is 36.2 Å². The van der Waals surface area contributed by atoms with Crippen LogP contribution < -0.4 is 0 Å². The monoisotopic (exact) mass is 232 g/mol. The molecule has 0 bridgehead atoms. The van der Waals surface area contributed by atoms with Gasteiger partial charge in [0.1, 0.15) is 0 Å². The maximum Gasteiger partial charge on any atom is 0.324 e. The van der Waals surface area contributed by atoms with Crippen LogP contribution >= 0.6 is 11.8 Å². The number of carbonyl (C=O) groups excluding carboxylic acids is 3. The van der Waals surface area contributed by atoms with Gasteiger partial charge >= 0.3 is 5.97 Å². The van der Waals surface area contributed by atoms with Gasteiger partial charge in [-0.05, 0) is 25.9 Å². The molecule has 0 aliphatic rings. The van der Waals surface area contributed by atoms with Crippen molar-refractivity contribution in [3.63, 3.8) is 0 Å². The second kappa shape index (κ2) is 7.45. The van der Waals surface area contributed by atoms with E-state index in [1.54, 1.807) is 6.92 Å². The van der Waals surface area contributed by atoms with E-state index < -0.39 is 17.7 Å². The third kappa shape index (κ3) is 4.97. The van der Waals surface area contributed by atoms with Gasteiger partial charge in [0.25, 0.3) is 0 Å². The van der Waals surface area contributed by atoms with Crippen molar-refractivity contribution in [3.05, 3.63) is 0 Å². The van der Waals surface area contributed by atoms with Gasteiger partial charge in [-0.3, -0.25) is 14.4 Å². The van der Waals surface area contributed by atoms with E-state index in [4.69, 9.17) is 0 Å². The molecule has 0 rings (SSSR count). The van der Waals surface area contributed by atoms with E-state index in [1.165, 1.54) is 18.7 Å². The van der Waals surface area contributed by atoms with Gasteiger partial charge in [-0.2, -0.15) is 11.8 Å². The number of thioether (sulfide) groups is 1. The third-order valence-corrected chi connectivity index (χ3v) is 2.42. The number of hydrogen-bond acceptors (Lipinski definition) is 5. The average molecular weight is 232 g/mol. The van der Waals surface area contributed by atoms with Crippen LogP contribution in [0.4, 0.5) is 0 Å². The molecule has 1 atom stereocenters. The molecule has 86 valence electrons. The Balaban J connectivity index is 4.45. The molecule has 0 aliphatic heterocycles. The van der Waals surface area contributed by atoms with Crippen LogP contribution in [0.1, 0.15) is 20.3 Å². The van der Waals surface area contributed by atoms with Gasteiger partial charge in [-0.1, -0.05) is 0 Å². The molecule has 0 aliphatic carbocycles. The normalized spacial score (nSPS) is 11.9. The molecule has 4 nitrogen and oxygen atoms in total. The first-order valence-corrected chi connectivity index (χ1v) is 6.12. The number of Topliss-reactive ketones (excluding diaryl/α,β-unsaturated/α-hetero) is 2. The number of hydrogen-bond donors (Lipinski definition) is 0. The summed E-state index contributed by atoms with van der Waals surface area (Å²) in [6.45, 7) is 3.05. The Kier molecular flexibility index (Phi) is 7.03. The Morgan fingerprint density at radius 3 is 2.33 bits per heavy atom. The Labute approximate surface area is 93.7 Å². The Morgan fingerprint density at radius 2 is 1.93 bits per heavy atom. The van der Waals surface area contributed by atoms with Crippen molar-refractivity contribution in [2.24, 2.45) is 5.92 Å². The molecule has 0 saturated heterocycles. The largest absolute Gasteiger partial charge is 0.465 e. The van der Waals surface area contributed by atoms with Gasteiger partial charge in [0, 0.05) is 6.42 Å². The lowest BCUT2D eigenvalue weighted by molar-refractivity contribution is -0.154. The summed E-state index contributed by atoms with van der Waals surface area (Å²) in [5, 5.41) is 0. The number of ketones is 2. The van der Waals surface area contributed by atoms with E-state index in [1.807, 2.05) is 6.26 Å². The molecule has 0 heterocycles. The van der Waals surface area contributed by atoms with Crippen molar-refractivity contribution in [1.29, 1.82) is 0 Å². The fourth-order valence-electron chi connectivity index (χ4n) is 1.10. The molecule has 0 fully saturated rings. The lowest BCUT2D eigenvalue weighted by Gasteiger charge is -2.10. The zero-order chi connectivity index (χ0) is 11.8.